The van der Waals surface area contributed by atoms with Gasteiger partial charge in [-0.15, -0.1) is 0 Å². The highest BCUT2D eigenvalue weighted by Gasteiger charge is 2.36. The van der Waals surface area contributed by atoms with Crippen molar-refractivity contribution in [2.75, 3.05) is 43.2 Å². The maximum Gasteiger partial charge on any atom is 0.422 e. The second-order valence-corrected chi connectivity index (χ2v) is 7.62. The zero-order chi connectivity index (χ0) is 23.6. The number of alkyl halides is 3. The first-order valence-corrected chi connectivity index (χ1v) is 10.2. The Morgan fingerprint density at radius 1 is 1.15 bits per heavy atom. The summed E-state index contributed by atoms with van der Waals surface area (Å²) < 4.78 is 51.6. The Balaban J connectivity index is 1.30. The Hall–Kier alpha value is -3.57. The van der Waals surface area contributed by atoms with E-state index < -0.39 is 18.9 Å². The number of hydrogen-bond acceptors (Lipinski definition) is 8. The van der Waals surface area contributed by atoms with Crippen LogP contribution in [-0.2, 0) is 14.3 Å². The zero-order valence-corrected chi connectivity index (χ0v) is 17.6. The highest BCUT2D eigenvalue weighted by Crippen LogP contribution is 2.28. The van der Waals surface area contributed by atoms with Gasteiger partial charge in [-0.1, -0.05) is 0 Å². The molecular formula is C21H21F3N4O5. The Morgan fingerprint density at radius 2 is 1.94 bits per heavy atom. The molecule has 0 aliphatic carbocycles. The number of hydrogen-bond donors (Lipinski definition) is 0. The first kappa shape index (κ1) is 22.6. The lowest BCUT2D eigenvalue weighted by atomic mass is 10.0. The van der Waals surface area contributed by atoms with Crippen LogP contribution in [0.3, 0.4) is 0 Å². The second-order valence-electron chi connectivity index (χ2n) is 7.62. The minimum atomic E-state index is -4.45. The van der Waals surface area contributed by atoms with Crippen molar-refractivity contribution in [1.29, 1.82) is 0 Å². The summed E-state index contributed by atoms with van der Waals surface area (Å²) in [6.45, 7) is 0.0584. The number of anilines is 2. The van der Waals surface area contributed by atoms with E-state index in [1.807, 2.05) is 4.90 Å². The number of nitrogens with zero attached hydrogens (tertiary/aromatic N) is 4. The predicted octanol–water partition coefficient (Wildman–Crippen LogP) is 2.21. The first-order chi connectivity index (χ1) is 15.7. The van der Waals surface area contributed by atoms with Crippen molar-refractivity contribution in [2.45, 2.75) is 18.7 Å². The molecule has 33 heavy (non-hydrogen) atoms. The molecule has 1 atom stereocenters. The monoisotopic (exact) mass is 466 g/mol. The van der Waals surface area contributed by atoms with Crippen LogP contribution < -0.4 is 19.3 Å². The minimum Gasteiger partial charge on any atom is -0.479 e. The van der Waals surface area contributed by atoms with Gasteiger partial charge in [-0.3, -0.25) is 9.59 Å². The van der Waals surface area contributed by atoms with Gasteiger partial charge < -0.3 is 24.0 Å². The van der Waals surface area contributed by atoms with Crippen LogP contribution in [-0.4, -0.2) is 67.5 Å². The molecule has 2 aliphatic rings. The number of methoxy groups -OCH3 is 1. The van der Waals surface area contributed by atoms with Gasteiger partial charge in [0.05, 0.1) is 31.1 Å². The number of esters is 1. The smallest absolute Gasteiger partial charge is 0.422 e. The summed E-state index contributed by atoms with van der Waals surface area (Å²) in [5, 5.41) is 0. The molecule has 4 heterocycles. The molecule has 4 rings (SSSR count). The number of carbonyl (C=O) groups excluding carboxylic acids is 2. The van der Waals surface area contributed by atoms with Gasteiger partial charge in [0, 0.05) is 32.1 Å². The molecule has 0 N–H and O–H groups in total. The van der Waals surface area contributed by atoms with E-state index in [9.17, 15) is 22.8 Å². The molecule has 2 aliphatic heterocycles. The fourth-order valence-corrected chi connectivity index (χ4v) is 3.57. The van der Waals surface area contributed by atoms with Gasteiger partial charge in [0.15, 0.2) is 12.7 Å². The van der Waals surface area contributed by atoms with Crippen LogP contribution >= 0.6 is 0 Å². The molecule has 0 unspecified atom stereocenters. The molecule has 2 aromatic rings. The van der Waals surface area contributed by atoms with Crippen LogP contribution in [0, 0.1) is 5.92 Å². The van der Waals surface area contributed by atoms with Crippen LogP contribution in [0.15, 0.2) is 36.7 Å². The molecule has 0 aromatic carbocycles. The lowest BCUT2D eigenvalue weighted by Gasteiger charge is -2.38. The van der Waals surface area contributed by atoms with Crippen molar-refractivity contribution < 1.29 is 37.0 Å². The summed E-state index contributed by atoms with van der Waals surface area (Å²) in [6, 6.07) is 6.22. The summed E-state index contributed by atoms with van der Waals surface area (Å²) in [7, 11) is 1.36. The topological polar surface area (TPSA) is 94.1 Å². The molecular weight excluding hydrogens is 445 g/mol. The molecule has 9 nitrogen and oxygen atoms in total. The maximum atomic E-state index is 12.8. The van der Waals surface area contributed by atoms with Gasteiger partial charge in [-0.2, -0.15) is 13.2 Å². The molecule has 1 amide bonds. The van der Waals surface area contributed by atoms with Gasteiger partial charge in [-0.25, -0.2) is 9.97 Å². The number of ether oxygens (including phenoxy) is 3. The highest BCUT2D eigenvalue weighted by atomic mass is 19.4. The van der Waals surface area contributed by atoms with Crippen molar-refractivity contribution in [3.8, 4) is 11.6 Å². The summed E-state index contributed by atoms with van der Waals surface area (Å²) in [5.74, 6) is 0.116. The fraction of sp³-hybridized carbons (Fsp3) is 0.429. The van der Waals surface area contributed by atoms with Gasteiger partial charge in [-0.05, 0) is 18.2 Å². The van der Waals surface area contributed by atoms with Crippen LogP contribution in [0.2, 0.25) is 0 Å². The Labute approximate surface area is 187 Å². The summed E-state index contributed by atoms with van der Waals surface area (Å²) >= 11 is 0. The predicted molar refractivity (Wildman–Crippen MR) is 109 cm³/mol. The molecule has 2 fully saturated rings. The maximum absolute atomic E-state index is 12.8. The fourth-order valence-electron chi connectivity index (χ4n) is 3.57. The molecule has 176 valence electrons. The molecule has 0 radical (unpaired) electrons. The molecule has 2 aromatic heterocycles. The largest absolute Gasteiger partial charge is 0.479 e. The van der Waals surface area contributed by atoms with E-state index in [2.05, 4.69) is 14.7 Å². The zero-order valence-electron chi connectivity index (χ0n) is 17.6. The van der Waals surface area contributed by atoms with Crippen LogP contribution in [0.5, 0.6) is 11.6 Å². The summed E-state index contributed by atoms with van der Waals surface area (Å²) in [6.07, 6.45) is -1.96. The number of aromatic nitrogens is 2. The standard InChI is InChI=1S/C21H21F3N4O5/c1-31-20(30)13-10-27(11-13)17-4-2-14(8-25-17)28-7-6-16(19(28)29)33-15-3-5-18(26-9-15)32-12-21(22,23)24/h2-5,8-9,13,16H,6-7,10-12H2,1H3/t16-/m1/s1. The van der Waals surface area contributed by atoms with E-state index in [1.54, 1.807) is 23.2 Å². The average Bonchev–Trinajstić information content (AvgIpc) is 3.12. The van der Waals surface area contributed by atoms with E-state index in [-0.39, 0.29) is 29.4 Å². The summed E-state index contributed by atoms with van der Waals surface area (Å²) in [4.78, 5) is 35.9. The van der Waals surface area contributed by atoms with Gasteiger partial charge in [0.1, 0.15) is 11.6 Å². The van der Waals surface area contributed by atoms with Crippen LogP contribution in [0.1, 0.15) is 6.42 Å². The number of halogens is 3. The van der Waals surface area contributed by atoms with Gasteiger partial charge >= 0.3 is 12.1 Å². The van der Waals surface area contributed by atoms with Gasteiger partial charge in [0.25, 0.3) is 5.91 Å². The highest BCUT2D eigenvalue weighted by molar-refractivity contribution is 5.98. The number of carbonyl (C=O) groups is 2. The Morgan fingerprint density at radius 3 is 2.55 bits per heavy atom. The lowest BCUT2D eigenvalue weighted by Crippen LogP contribution is -2.51. The molecule has 2 saturated heterocycles. The van der Waals surface area contributed by atoms with E-state index in [0.29, 0.717) is 37.6 Å². The van der Waals surface area contributed by atoms with E-state index >= 15 is 0 Å². The Kier molecular flexibility index (Phi) is 6.25. The lowest BCUT2D eigenvalue weighted by molar-refractivity contribution is -0.154. The number of amides is 1. The Bertz CT molecular complexity index is 994. The van der Waals surface area contributed by atoms with E-state index in [4.69, 9.17) is 9.47 Å². The summed E-state index contributed by atoms with van der Waals surface area (Å²) in [5.41, 5.74) is 0.619. The van der Waals surface area contributed by atoms with E-state index in [1.165, 1.54) is 25.4 Å². The molecule has 0 spiro atoms. The van der Waals surface area contributed by atoms with Crippen LogP contribution in [0.25, 0.3) is 0 Å². The number of rotatable bonds is 7. The van der Waals surface area contributed by atoms with Crippen molar-refractivity contribution >= 4 is 23.4 Å². The molecule has 0 saturated carbocycles. The van der Waals surface area contributed by atoms with Gasteiger partial charge in [0.2, 0.25) is 5.88 Å². The average molecular weight is 466 g/mol. The van der Waals surface area contributed by atoms with Crippen molar-refractivity contribution in [2.24, 2.45) is 5.92 Å². The molecule has 0 bridgehead atoms. The van der Waals surface area contributed by atoms with Crippen molar-refractivity contribution in [3.05, 3.63) is 36.7 Å². The quantitative estimate of drug-likeness (QED) is 0.574. The molecule has 12 heteroatoms. The van der Waals surface area contributed by atoms with Crippen molar-refractivity contribution in [1.82, 2.24) is 9.97 Å². The third-order valence-corrected chi connectivity index (χ3v) is 5.31. The third kappa shape index (κ3) is 5.26. The number of pyridine rings is 2. The SMILES string of the molecule is COC(=O)C1CN(c2ccc(N3CC[C@@H](Oc4ccc(OCC(F)(F)F)nc4)C3=O)cn2)C1. The van der Waals surface area contributed by atoms with Crippen LogP contribution in [0.4, 0.5) is 24.7 Å². The van der Waals surface area contributed by atoms with Crippen molar-refractivity contribution in [3.63, 3.8) is 0 Å². The minimum absolute atomic E-state index is 0.158. The second kappa shape index (κ2) is 9.12. The normalized spacial score (nSPS) is 18.8. The first-order valence-electron chi connectivity index (χ1n) is 10.2. The van der Waals surface area contributed by atoms with E-state index in [0.717, 1.165) is 0 Å². The third-order valence-electron chi connectivity index (χ3n) is 5.31.